The number of amides is 2. The lowest BCUT2D eigenvalue weighted by Crippen LogP contribution is -2.25. The van der Waals surface area contributed by atoms with Gasteiger partial charge in [0.25, 0.3) is 11.8 Å². The van der Waals surface area contributed by atoms with Gasteiger partial charge in [-0.25, -0.2) is 0 Å². The zero-order chi connectivity index (χ0) is 22.1. The van der Waals surface area contributed by atoms with Gasteiger partial charge < -0.3 is 20.1 Å². The van der Waals surface area contributed by atoms with Crippen LogP contribution in [0.2, 0.25) is 0 Å². The Morgan fingerprint density at radius 2 is 1.87 bits per heavy atom. The fourth-order valence-corrected chi connectivity index (χ4v) is 3.18. The maximum atomic E-state index is 12.3. The van der Waals surface area contributed by atoms with Crippen molar-refractivity contribution in [2.75, 3.05) is 32.2 Å². The van der Waals surface area contributed by atoms with E-state index in [4.69, 9.17) is 9.47 Å². The first-order valence-electron chi connectivity index (χ1n) is 9.80. The maximum absolute atomic E-state index is 12.3. The minimum absolute atomic E-state index is 0.0273. The average Bonchev–Trinajstić information content (AvgIpc) is 2.69. The van der Waals surface area contributed by atoms with E-state index in [0.29, 0.717) is 30.2 Å². The van der Waals surface area contributed by atoms with Crippen molar-refractivity contribution in [2.24, 2.45) is 0 Å². The van der Waals surface area contributed by atoms with E-state index in [1.807, 2.05) is 18.2 Å². The van der Waals surface area contributed by atoms with E-state index in [1.54, 1.807) is 31.4 Å². The Labute approximate surface area is 186 Å². The van der Waals surface area contributed by atoms with Crippen LogP contribution in [-0.4, -0.2) is 38.7 Å². The number of hydrogen-bond acceptors (Lipinski definition) is 4. The number of ether oxygens (including phenoxy) is 2. The second-order valence-corrected chi connectivity index (χ2v) is 8.77. The molecule has 0 aliphatic heterocycles. The van der Waals surface area contributed by atoms with Gasteiger partial charge in [0.05, 0.1) is 4.47 Å². The van der Waals surface area contributed by atoms with Crippen molar-refractivity contribution in [3.8, 4) is 5.75 Å². The van der Waals surface area contributed by atoms with E-state index in [-0.39, 0.29) is 23.8 Å². The number of carbonyl (C=O) groups excluding carboxylic acids is 2. The van der Waals surface area contributed by atoms with E-state index in [0.717, 1.165) is 10.9 Å². The molecule has 6 nitrogen and oxygen atoms in total. The Bertz CT molecular complexity index is 878. The first-order valence-corrected chi connectivity index (χ1v) is 10.6. The molecule has 0 unspecified atom stereocenters. The zero-order valence-corrected chi connectivity index (χ0v) is 19.5. The van der Waals surface area contributed by atoms with E-state index in [9.17, 15) is 9.59 Å². The van der Waals surface area contributed by atoms with Crippen molar-refractivity contribution in [2.45, 2.75) is 32.6 Å². The van der Waals surface area contributed by atoms with Gasteiger partial charge in [-0.3, -0.25) is 9.59 Å². The lowest BCUT2D eigenvalue weighted by molar-refractivity contribution is -0.118. The van der Waals surface area contributed by atoms with Crippen LogP contribution in [0.4, 0.5) is 5.69 Å². The Hall–Kier alpha value is -2.38. The van der Waals surface area contributed by atoms with Crippen LogP contribution >= 0.6 is 15.9 Å². The average molecular weight is 477 g/mol. The van der Waals surface area contributed by atoms with Gasteiger partial charge in [0.15, 0.2) is 6.61 Å². The van der Waals surface area contributed by atoms with Gasteiger partial charge in [-0.1, -0.05) is 32.9 Å². The number of anilines is 1. The van der Waals surface area contributed by atoms with E-state index >= 15 is 0 Å². The van der Waals surface area contributed by atoms with Crippen LogP contribution in [0.3, 0.4) is 0 Å². The molecular weight excluding hydrogens is 448 g/mol. The highest BCUT2D eigenvalue weighted by Gasteiger charge is 2.16. The summed E-state index contributed by atoms with van der Waals surface area (Å²) in [5.41, 5.74) is 2.21. The smallest absolute Gasteiger partial charge is 0.262 e. The molecule has 162 valence electrons. The molecule has 30 heavy (non-hydrogen) atoms. The Kier molecular flexibility index (Phi) is 8.87. The molecule has 0 bridgehead atoms. The molecule has 0 radical (unpaired) electrons. The molecule has 7 heteroatoms. The highest BCUT2D eigenvalue weighted by Crippen LogP contribution is 2.31. The summed E-state index contributed by atoms with van der Waals surface area (Å²) in [6.45, 7) is 7.39. The Morgan fingerprint density at radius 1 is 1.10 bits per heavy atom. The summed E-state index contributed by atoms with van der Waals surface area (Å²) in [4.78, 5) is 24.5. The molecule has 0 aliphatic rings. The standard InChI is InChI=1S/C23H29BrN2O4/c1-23(2,3)17-9-10-20(19(24)14-17)30-15-21(27)26-18-8-5-7-16(13-18)22(28)25-11-6-12-29-4/h5,7-10,13-14H,6,11-12,15H2,1-4H3,(H,25,28)(H,26,27). The topological polar surface area (TPSA) is 76.7 Å². The molecule has 2 N–H and O–H groups in total. The van der Waals surface area contributed by atoms with Crippen molar-refractivity contribution < 1.29 is 19.1 Å². The zero-order valence-electron chi connectivity index (χ0n) is 17.9. The molecule has 0 heterocycles. The summed E-state index contributed by atoms with van der Waals surface area (Å²) in [7, 11) is 1.62. The molecule has 2 amide bonds. The largest absolute Gasteiger partial charge is 0.483 e. The van der Waals surface area contributed by atoms with E-state index in [1.165, 1.54) is 5.56 Å². The van der Waals surface area contributed by atoms with Crippen molar-refractivity contribution in [3.63, 3.8) is 0 Å². The predicted octanol–water partition coefficient (Wildman–Crippen LogP) is 4.53. The number of rotatable bonds is 9. The van der Waals surface area contributed by atoms with Crippen LogP contribution in [0.5, 0.6) is 5.75 Å². The minimum atomic E-state index is -0.306. The Morgan fingerprint density at radius 3 is 2.53 bits per heavy atom. The number of methoxy groups -OCH3 is 1. The van der Waals surface area contributed by atoms with Crippen LogP contribution in [0.25, 0.3) is 0 Å². The molecule has 0 fully saturated rings. The third-order valence-corrected chi connectivity index (χ3v) is 5.00. The van der Waals surface area contributed by atoms with Gasteiger partial charge >= 0.3 is 0 Å². The molecule has 0 saturated heterocycles. The number of halogens is 1. The molecule has 2 aromatic carbocycles. The number of carbonyl (C=O) groups is 2. The summed E-state index contributed by atoms with van der Waals surface area (Å²) in [6, 6.07) is 12.6. The Balaban J connectivity index is 1.90. The van der Waals surface area contributed by atoms with Gasteiger partial charge in [-0.05, 0) is 63.7 Å². The van der Waals surface area contributed by atoms with Crippen molar-refractivity contribution in [1.29, 1.82) is 0 Å². The van der Waals surface area contributed by atoms with Crippen molar-refractivity contribution in [3.05, 3.63) is 58.1 Å². The molecular formula is C23H29BrN2O4. The fourth-order valence-electron chi connectivity index (χ4n) is 2.68. The predicted molar refractivity (Wildman–Crippen MR) is 122 cm³/mol. The number of hydrogen-bond donors (Lipinski definition) is 2. The normalized spacial score (nSPS) is 11.1. The molecule has 0 saturated carbocycles. The molecule has 2 aromatic rings. The fraction of sp³-hybridized carbons (Fsp3) is 0.391. The summed E-state index contributed by atoms with van der Waals surface area (Å²) >= 11 is 3.50. The monoisotopic (exact) mass is 476 g/mol. The van der Waals surface area contributed by atoms with Gasteiger partial charge in [0.1, 0.15) is 5.75 Å². The summed E-state index contributed by atoms with van der Waals surface area (Å²) in [5.74, 6) is 0.100. The summed E-state index contributed by atoms with van der Waals surface area (Å²) in [6.07, 6.45) is 0.738. The van der Waals surface area contributed by atoms with Crippen LogP contribution in [0.1, 0.15) is 43.1 Å². The van der Waals surface area contributed by atoms with Crippen LogP contribution in [-0.2, 0) is 14.9 Å². The maximum Gasteiger partial charge on any atom is 0.262 e. The van der Waals surface area contributed by atoms with E-state index in [2.05, 4.69) is 47.3 Å². The first-order chi connectivity index (χ1) is 14.2. The van der Waals surface area contributed by atoms with Crippen molar-refractivity contribution in [1.82, 2.24) is 5.32 Å². The number of benzene rings is 2. The lowest BCUT2D eigenvalue weighted by Gasteiger charge is -2.20. The number of nitrogens with one attached hydrogen (secondary N) is 2. The van der Waals surface area contributed by atoms with Gasteiger partial charge in [0, 0.05) is 31.5 Å². The third-order valence-electron chi connectivity index (χ3n) is 4.38. The second kappa shape index (κ2) is 11.1. The molecule has 2 rings (SSSR count). The quantitative estimate of drug-likeness (QED) is 0.521. The molecule has 0 aromatic heterocycles. The van der Waals surface area contributed by atoms with Crippen LogP contribution < -0.4 is 15.4 Å². The highest BCUT2D eigenvalue weighted by atomic mass is 79.9. The first kappa shape index (κ1) is 23.9. The van der Waals surface area contributed by atoms with Crippen LogP contribution in [0.15, 0.2) is 46.9 Å². The highest BCUT2D eigenvalue weighted by molar-refractivity contribution is 9.10. The minimum Gasteiger partial charge on any atom is -0.483 e. The molecule has 0 atom stereocenters. The lowest BCUT2D eigenvalue weighted by atomic mass is 9.87. The van der Waals surface area contributed by atoms with Gasteiger partial charge in [-0.15, -0.1) is 0 Å². The SMILES string of the molecule is COCCCNC(=O)c1cccc(NC(=O)COc2ccc(C(C)(C)C)cc2Br)c1. The van der Waals surface area contributed by atoms with Gasteiger partial charge in [-0.2, -0.15) is 0 Å². The third kappa shape index (κ3) is 7.46. The van der Waals surface area contributed by atoms with Gasteiger partial charge in [0.2, 0.25) is 0 Å². The van der Waals surface area contributed by atoms with Crippen molar-refractivity contribution >= 4 is 33.4 Å². The molecule has 0 spiro atoms. The summed E-state index contributed by atoms with van der Waals surface area (Å²) < 4.78 is 11.4. The van der Waals surface area contributed by atoms with Crippen LogP contribution in [0, 0.1) is 0 Å². The molecule has 0 aliphatic carbocycles. The second-order valence-electron chi connectivity index (χ2n) is 7.92. The summed E-state index contributed by atoms with van der Waals surface area (Å²) in [5, 5.41) is 5.58. The van der Waals surface area contributed by atoms with E-state index < -0.39 is 0 Å².